The molecule has 0 aromatic heterocycles. The van der Waals surface area contributed by atoms with Gasteiger partial charge in [0, 0.05) is 30.2 Å². The van der Waals surface area contributed by atoms with Gasteiger partial charge in [0.05, 0.1) is 12.7 Å². The van der Waals surface area contributed by atoms with Gasteiger partial charge in [-0.05, 0) is 75.1 Å². The summed E-state index contributed by atoms with van der Waals surface area (Å²) < 4.78 is 4.77. The summed E-state index contributed by atoms with van der Waals surface area (Å²) >= 11 is 0. The summed E-state index contributed by atoms with van der Waals surface area (Å²) in [5, 5.41) is 6.13. The van der Waals surface area contributed by atoms with Gasteiger partial charge in [0.25, 0.3) is 0 Å². The van der Waals surface area contributed by atoms with Gasteiger partial charge < -0.3 is 20.3 Å². The Bertz CT molecular complexity index is 858. The van der Waals surface area contributed by atoms with E-state index in [9.17, 15) is 9.59 Å². The van der Waals surface area contributed by atoms with Gasteiger partial charge in [0.2, 0.25) is 5.91 Å². The molecule has 29 heavy (non-hydrogen) atoms. The lowest BCUT2D eigenvalue weighted by Crippen LogP contribution is -2.32. The molecule has 0 spiro atoms. The first-order chi connectivity index (χ1) is 14.0. The Morgan fingerprint density at radius 3 is 2.38 bits per heavy atom. The number of piperidine rings is 1. The lowest BCUT2D eigenvalue weighted by atomic mass is 10.1. The molecule has 2 N–H and O–H groups in total. The number of hydrogen-bond donors (Lipinski definition) is 2. The van der Waals surface area contributed by atoms with Crippen LogP contribution in [0.3, 0.4) is 0 Å². The predicted molar refractivity (Wildman–Crippen MR) is 117 cm³/mol. The Labute approximate surface area is 172 Å². The summed E-state index contributed by atoms with van der Waals surface area (Å²) in [6.07, 6.45) is 3.77. The fourth-order valence-corrected chi connectivity index (χ4v) is 3.48. The maximum absolute atomic E-state index is 12.6. The SMILES string of the molecule is COC(=O)c1ccc(C)c(N[C@H](C)C(=O)Nc2ccc(N3CCCCC3)cc2)c1. The third kappa shape index (κ3) is 5.28. The Kier molecular flexibility index (Phi) is 6.75. The number of esters is 1. The molecule has 1 saturated heterocycles. The van der Waals surface area contributed by atoms with Crippen LogP contribution in [0.2, 0.25) is 0 Å². The van der Waals surface area contributed by atoms with E-state index in [4.69, 9.17) is 4.74 Å². The summed E-state index contributed by atoms with van der Waals surface area (Å²) in [5.74, 6) is -0.544. The monoisotopic (exact) mass is 395 g/mol. The van der Waals surface area contributed by atoms with Gasteiger partial charge in [-0.25, -0.2) is 4.79 Å². The van der Waals surface area contributed by atoms with E-state index in [-0.39, 0.29) is 5.91 Å². The van der Waals surface area contributed by atoms with E-state index in [1.54, 1.807) is 19.1 Å². The van der Waals surface area contributed by atoms with Gasteiger partial charge in [-0.1, -0.05) is 6.07 Å². The van der Waals surface area contributed by atoms with Gasteiger partial charge in [0.1, 0.15) is 6.04 Å². The number of ether oxygens (including phenoxy) is 1. The molecule has 0 bridgehead atoms. The van der Waals surface area contributed by atoms with Crippen LogP contribution in [0.25, 0.3) is 0 Å². The molecule has 2 aromatic rings. The van der Waals surface area contributed by atoms with Crippen molar-refractivity contribution < 1.29 is 14.3 Å². The number of anilines is 3. The van der Waals surface area contributed by atoms with Crippen LogP contribution in [0.1, 0.15) is 42.1 Å². The second-order valence-electron chi connectivity index (χ2n) is 7.47. The van der Waals surface area contributed by atoms with Crippen molar-refractivity contribution in [2.75, 3.05) is 35.7 Å². The maximum Gasteiger partial charge on any atom is 0.337 e. The number of nitrogens with one attached hydrogen (secondary N) is 2. The number of carbonyl (C=O) groups excluding carboxylic acids is 2. The van der Waals surface area contributed by atoms with Crippen molar-refractivity contribution in [2.45, 2.75) is 39.2 Å². The highest BCUT2D eigenvalue weighted by Crippen LogP contribution is 2.22. The molecule has 1 aliphatic rings. The summed E-state index contributed by atoms with van der Waals surface area (Å²) in [7, 11) is 1.35. The van der Waals surface area contributed by atoms with Crippen LogP contribution >= 0.6 is 0 Å². The zero-order chi connectivity index (χ0) is 20.8. The van der Waals surface area contributed by atoms with E-state index in [2.05, 4.69) is 27.7 Å². The Morgan fingerprint density at radius 2 is 1.72 bits per heavy atom. The number of hydrogen-bond acceptors (Lipinski definition) is 5. The second-order valence-corrected chi connectivity index (χ2v) is 7.47. The Balaban J connectivity index is 1.61. The minimum Gasteiger partial charge on any atom is -0.465 e. The molecule has 0 saturated carbocycles. The minimum atomic E-state index is -0.469. The number of rotatable bonds is 6. The van der Waals surface area contributed by atoms with E-state index >= 15 is 0 Å². The highest BCUT2D eigenvalue weighted by Gasteiger charge is 2.16. The predicted octanol–water partition coefficient (Wildman–Crippen LogP) is 4.21. The number of amides is 1. The fourth-order valence-electron chi connectivity index (χ4n) is 3.48. The second kappa shape index (κ2) is 9.45. The van der Waals surface area contributed by atoms with Crippen LogP contribution in [-0.2, 0) is 9.53 Å². The molecular weight excluding hydrogens is 366 g/mol. The molecule has 0 unspecified atom stereocenters. The van der Waals surface area contributed by atoms with Gasteiger partial charge >= 0.3 is 5.97 Å². The van der Waals surface area contributed by atoms with E-state index in [0.717, 1.165) is 30.0 Å². The van der Waals surface area contributed by atoms with Crippen molar-refractivity contribution in [3.63, 3.8) is 0 Å². The molecule has 1 amide bonds. The first-order valence-corrected chi connectivity index (χ1v) is 10.1. The molecule has 6 heteroatoms. The van der Waals surface area contributed by atoms with Crippen molar-refractivity contribution in [2.24, 2.45) is 0 Å². The highest BCUT2D eigenvalue weighted by molar-refractivity contribution is 5.97. The first-order valence-electron chi connectivity index (χ1n) is 10.1. The largest absolute Gasteiger partial charge is 0.465 e. The van der Waals surface area contributed by atoms with Gasteiger partial charge in [-0.15, -0.1) is 0 Å². The summed E-state index contributed by atoms with van der Waals surface area (Å²) in [5.41, 5.74) is 4.09. The third-order valence-electron chi connectivity index (χ3n) is 5.28. The van der Waals surface area contributed by atoms with Gasteiger partial charge in [-0.2, -0.15) is 0 Å². The van der Waals surface area contributed by atoms with Crippen molar-refractivity contribution in [1.82, 2.24) is 0 Å². The molecule has 1 fully saturated rings. The topological polar surface area (TPSA) is 70.7 Å². The van der Waals surface area contributed by atoms with Gasteiger partial charge in [0.15, 0.2) is 0 Å². The Hall–Kier alpha value is -3.02. The average Bonchev–Trinajstić information content (AvgIpc) is 2.75. The van der Waals surface area contributed by atoms with Crippen molar-refractivity contribution in [3.05, 3.63) is 53.6 Å². The van der Waals surface area contributed by atoms with Crippen molar-refractivity contribution >= 4 is 28.9 Å². The van der Waals surface area contributed by atoms with Crippen LogP contribution < -0.4 is 15.5 Å². The first kappa shape index (κ1) is 20.7. The third-order valence-corrected chi connectivity index (χ3v) is 5.28. The van der Waals surface area contributed by atoms with E-state index < -0.39 is 12.0 Å². The molecule has 2 aromatic carbocycles. The molecule has 0 aliphatic carbocycles. The molecule has 1 heterocycles. The zero-order valence-corrected chi connectivity index (χ0v) is 17.3. The fraction of sp³-hybridized carbons (Fsp3) is 0.391. The zero-order valence-electron chi connectivity index (χ0n) is 17.3. The molecular formula is C23H29N3O3. The average molecular weight is 396 g/mol. The van der Waals surface area contributed by atoms with E-state index in [1.807, 2.05) is 25.1 Å². The van der Waals surface area contributed by atoms with Crippen LogP contribution in [0.15, 0.2) is 42.5 Å². The molecule has 1 atom stereocenters. The van der Waals surface area contributed by atoms with Gasteiger partial charge in [-0.3, -0.25) is 4.79 Å². The normalized spacial score (nSPS) is 14.8. The summed E-state index contributed by atoms with van der Waals surface area (Å²) in [6.45, 7) is 5.91. The number of nitrogens with zero attached hydrogens (tertiary/aromatic N) is 1. The lowest BCUT2D eigenvalue weighted by molar-refractivity contribution is -0.116. The number of aryl methyl sites for hydroxylation is 1. The standard InChI is InChI=1S/C23H29N3O3/c1-16-7-8-18(23(28)29-3)15-21(16)24-17(2)22(27)25-19-9-11-20(12-10-19)26-13-5-4-6-14-26/h7-12,15,17,24H,4-6,13-14H2,1-3H3,(H,25,27)/t17-/m1/s1. The van der Waals surface area contributed by atoms with E-state index in [1.165, 1.54) is 32.1 Å². The summed E-state index contributed by atoms with van der Waals surface area (Å²) in [4.78, 5) is 26.7. The quantitative estimate of drug-likeness (QED) is 0.717. The Morgan fingerprint density at radius 1 is 1.03 bits per heavy atom. The number of carbonyl (C=O) groups is 2. The molecule has 1 aliphatic heterocycles. The summed E-state index contributed by atoms with van der Waals surface area (Å²) in [6, 6.07) is 12.8. The molecule has 6 nitrogen and oxygen atoms in total. The van der Waals surface area contributed by atoms with Crippen LogP contribution in [0, 0.1) is 6.92 Å². The van der Waals surface area contributed by atoms with E-state index in [0.29, 0.717) is 5.56 Å². The number of methoxy groups -OCH3 is 1. The highest BCUT2D eigenvalue weighted by atomic mass is 16.5. The van der Waals surface area contributed by atoms with Crippen LogP contribution in [-0.4, -0.2) is 38.1 Å². The smallest absolute Gasteiger partial charge is 0.337 e. The van der Waals surface area contributed by atoms with Crippen molar-refractivity contribution in [1.29, 1.82) is 0 Å². The van der Waals surface area contributed by atoms with Crippen molar-refractivity contribution in [3.8, 4) is 0 Å². The minimum absolute atomic E-state index is 0.140. The molecule has 154 valence electrons. The maximum atomic E-state index is 12.6. The van der Waals surface area contributed by atoms with Crippen LogP contribution in [0.5, 0.6) is 0 Å². The molecule has 0 radical (unpaired) electrons. The molecule has 3 rings (SSSR count). The number of benzene rings is 2. The van der Waals surface area contributed by atoms with Crippen LogP contribution in [0.4, 0.5) is 17.1 Å². The lowest BCUT2D eigenvalue weighted by Gasteiger charge is -2.28.